The number of aryl methyl sites for hydroxylation is 1. The summed E-state index contributed by atoms with van der Waals surface area (Å²) in [5, 5.41) is 9.49. The summed E-state index contributed by atoms with van der Waals surface area (Å²) in [5.74, 6) is 0.288. The van der Waals surface area contributed by atoms with Gasteiger partial charge in [0.05, 0.1) is 0 Å². The monoisotopic (exact) mass is 401 g/mol. The molecule has 0 aliphatic carbocycles. The molecule has 22 heavy (non-hydrogen) atoms. The molecule has 0 bridgehead atoms. The predicted molar refractivity (Wildman–Crippen MR) is 90.0 cm³/mol. The van der Waals surface area contributed by atoms with Crippen LogP contribution in [0.15, 0.2) is 36.7 Å². The van der Waals surface area contributed by atoms with Crippen LogP contribution in [-0.2, 0) is 6.42 Å². The van der Waals surface area contributed by atoms with Crippen LogP contribution in [0.2, 0.25) is 4.94 Å². The zero-order valence-electron chi connectivity index (χ0n) is 12.9. The first-order valence-corrected chi connectivity index (χ1v) is 11.8. The average Bonchev–Trinajstić information content (AvgIpc) is 2.92. The Morgan fingerprint density at radius 1 is 1.18 bits per heavy atom. The molecule has 0 amide bonds. The van der Waals surface area contributed by atoms with Gasteiger partial charge in [-0.25, -0.2) is 0 Å². The summed E-state index contributed by atoms with van der Waals surface area (Å²) in [6, 6.07) is 7.32. The van der Waals surface area contributed by atoms with Crippen molar-refractivity contribution in [2.75, 3.05) is 0 Å². The molecule has 0 aliphatic heterocycles. The Morgan fingerprint density at radius 3 is 2.64 bits per heavy atom. The second-order valence-electron chi connectivity index (χ2n) is 5.30. The van der Waals surface area contributed by atoms with Crippen LogP contribution in [0.1, 0.15) is 25.5 Å². The number of nitrogens with zero attached hydrogens (tertiary/aromatic N) is 3. The Balaban J connectivity index is 2.17. The van der Waals surface area contributed by atoms with Gasteiger partial charge in [-0.15, -0.1) is 0 Å². The molecule has 0 unspecified atom stereocenters. The molecule has 2 aromatic heterocycles. The summed E-state index contributed by atoms with van der Waals surface area (Å²) in [6.45, 7) is 2.21. The van der Waals surface area contributed by atoms with Crippen LogP contribution < -0.4 is 3.71 Å². The fourth-order valence-electron chi connectivity index (χ4n) is 2.65. The summed E-state index contributed by atoms with van der Waals surface area (Å²) < 4.78 is 3.69. The molecule has 0 saturated heterocycles. The first-order valence-electron chi connectivity index (χ1n) is 7.57. The van der Waals surface area contributed by atoms with Crippen molar-refractivity contribution in [3.05, 3.63) is 42.4 Å². The SMILES string of the molecule is CCCCc1cncc2nc(-c3ccc(O)cc3)[c]([Sn][CH3])n12. The van der Waals surface area contributed by atoms with Crippen LogP contribution >= 0.6 is 0 Å². The van der Waals surface area contributed by atoms with E-state index in [1.54, 1.807) is 12.1 Å². The van der Waals surface area contributed by atoms with Crippen LogP contribution in [0, 0.1) is 0 Å². The molecule has 0 atom stereocenters. The Bertz CT molecular complexity index is 780. The molecule has 112 valence electrons. The Kier molecular flexibility index (Phi) is 4.66. The van der Waals surface area contributed by atoms with Crippen LogP contribution in [0.25, 0.3) is 16.9 Å². The van der Waals surface area contributed by atoms with Gasteiger partial charge in [-0.3, -0.25) is 0 Å². The molecule has 3 rings (SSSR count). The van der Waals surface area contributed by atoms with E-state index in [-0.39, 0.29) is 5.75 Å². The zero-order valence-corrected chi connectivity index (χ0v) is 15.7. The van der Waals surface area contributed by atoms with Gasteiger partial charge in [0.1, 0.15) is 0 Å². The molecule has 0 aliphatic rings. The number of phenols is 1. The van der Waals surface area contributed by atoms with Gasteiger partial charge in [0.25, 0.3) is 0 Å². The summed E-state index contributed by atoms with van der Waals surface area (Å²) in [7, 11) is 0. The molecular weight excluding hydrogens is 381 g/mol. The quantitative estimate of drug-likeness (QED) is 0.671. The van der Waals surface area contributed by atoms with Gasteiger partial charge in [-0.2, -0.15) is 0 Å². The zero-order chi connectivity index (χ0) is 15.5. The van der Waals surface area contributed by atoms with Gasteiger partial charge >= 0.3 is 140 Å². The summed E-state index contributed by atoms with van der Waals surface area (Å²) in [6.07, 6.45) is 7.21. The van der Waals surface area contributed by atoms with Gasteiger partial charge in [0.15, 0.2) is 0 Å². The van der Waals surface area contributed by atoms with E-state index in [9.17, 15) is 5.11 Å². The Hall–Kier alpha value is -1.56. The van der Waals surface area contributed by atoms with Crippen molar-refractivity contribution in [3.8, 4) is 17.0 Å². The maximum absolute atomic E-state index is 9.49. The van der Waals surface area contributed by atoms with E-state index in [4.69, 9.17) is 4.98 Å². The molecule has 5 heteroatoms. The van der Waals surface area contributed by atoms with Gasteiger partial charge in [0, 0.05) is 0 Å². The number of benzene rings is 1. The standard InChI is InChI=1S/C16H16N3O.CH3.Sn/c1-2-3-4-13-9-17-10-16-18-15(11-19(13)16)12-5-7-14(20)8-6-12;;/h5-10,20H,2-4H2,1H3;1H3;. The van der Waals surface area contributed by atoms with Crippen LogP contribution in [0.5, 0.6) is 5.75 Å². The second kappa shape index (κ2) is 6.69. The number of hydrogen-bond donors (Lipinski definition) is 1. The number of phenolic OH excluding ortho intramolecular Hbond substituents is 1. The van der Waals surface area contributed by atoms with Crippen molar-refractivity contribution < 1.29 is 5.11 Å². The van der Waals surface area contributed by atoms with E-state index in [1.165, 1.54) is 22.2 Å². The molecule has 0 spiro atoms. The third kappa shape index (κ3) is 2.84. The molecule has 0 fully saturated rings. The average molecular weight is 400 g/mol. The predicted octanol–water partition coefficient (Wildman–Crippen LogP) is 2.82. The Morgan fingerprint density at radius 2 is 1.95 bits per heavy atom. The molecule has 1 aromatic carbocycles. The van der Waals surface area contributed by atoms with E-state index >= 15 is 0 Å². The fourth-order valence-corrected chi connectivity index (χ4v) is 5.27. The van der Waals surface area contributed by atoms with Crippen molar-refractivity contribution in [2.24, 2.45) is 0 Å². The van der Waals surface area contributed by atoms with Crippen LogP contribution in [0.4, 0.5) is 0 Å². The first kappa shape index (κ1) is 15.3. The number of rotatable bonds is 5. The van der Waals surface area contributed by atoms with Crippen molar-refractivity contribution >= 4 is 30.5 Å². The second-order valence-corrected chi connectivity index (χ2v) is 8.08. The Labute approximate surface area is 140 Å². The molecule has 1 N–H and O–H groups in total. The topological polar surface area (TPSA) is 50.4 Å². The number of hydrogen-bond acceptors (Lipinski definition) is 3. The van der Waals surface area contributed by atoms with E-state index < -0.39 is 21.1 Å². The maximum atomic E-state index is 9.49. The number of imidazole rings is 1. The fraction of sp³-hybridized carbons (Fsp3) is 0.294. The van der Waals surface area contributed by atoms with E-state index in [0.717, 1.165) is 23.3 Å². The molecular formula is C17H19N3OSn. The summed E-state index contributed by atoms with van der Waals surface area (Å²) in [4.78, 5) is 11.5. The number of aromatic hydroxyl groups is 1. The molecule has 4 nitrogen and oxygen atoms in total. The minimum atomic E-state index is -0.698. The third-order valence-corrected chi connectivity index (χ3v) is 6.43. The van der Waals surface area contributed by atoms with E-state index in [1.807, 2.05) is 24.5 Å². The molecule has 3 aromatic rings. The normalized spacial score (nSPS) is 11.2. The van der Waals surface area contributed by atoms with Gasteiger partial charge in [-0.1, -0.05) is 0 Å². The number of unbranched alkanes of at least 4 members (excludes halogenated alkanes) is 1. The molecule has 2 radical (unpaired) electrons. The van der Waals surface area contributed by atoms with Crippen molar-refractivity contribution in [2.45, 2.75) is 31.1 Å². The van der Waals surface area contributed by atoms with Crippen molar-refractivity contribution in [1.82, 2.24) is 14.4 Å². The summed E-state index contributed by atoms with van der Waals surface area (Å²) >= 11 is -0.698. The van der Waals surface area contributed by atoms with Gasteiger partial charge < -0.3 is 0 Å². The number of fused-ring (bicyclic) bond motifs is 1. The van der Waals surface area contributed by atoms with Crippen LogP contribution in [0.3, 0.4) is 0 Å². The number of aromatic nitrogens is 3. The van der Waals surface area contributed by atoms with Gasteiger partial charge in [-0.05, 0) is 0 Å². The van der Waals surface area contributed by atoms with Gasteiger partial charge in [0.2, 0.25) is 0 Å². The van der Waals surface area contributed by atoms with E-state index in [2.05, 4.69) is 21.2 Å². The van der Waals surface area contributed by atoms with E-state index in [0.29, 0.717) is 0 Å². The third-order valence-electron chi connectivity index (χ3n) is 3.77. The van der Waals surface area contributed by atoms with Crippen molar-refractivity contribution in [1.29, 1.82) is 0 Å². The molecule has 2 heterocycles. The van der Waals surface area contributed by atoms with Crippen LogP contribution in [-0.4, -0.2) is 40.6 Å². The summed E-state index contributed by atoms with van der Waals surface area (Å²) in [5.41, 5.74) is 4.32. The first-order chi connectivity index (χ1) is 10.7. The van der Waals surface area contributed by atoms with Crippen molar-refractivity contribution in [3.63, 3.8) is 0 Å². The minimum absolute atomic E-state index is 0.288. The molecule has 0 saturated carbocycles.